The molecule has 0 bridgehead atoms. The van der Waals surface area contributed by atoms with E-state index in [4.69, 9.17) is 4.74 Å². The lowest BCUT2D eigenvalue weighted by molar-refractivity contribution is -0.140. The van der Waals surface area contributed by atoms with Gasteiger partial charge in [0, 0.05) is 18.5 Å². The molecule has 0 atom stereocenters. The molecule has 3 rings (SSSR count). The van der Waals surface area contributed by atoms with Crippen LogP contribution in [0.5, 0.6) is 0 Å². The van der Waals surface area contributed by atoms with Gasteiger partial charge in [-0.3, -0.25) is 14.2 Å². The van der Waals surface area contributed by atoms with Gasteiger partial charge in [0.1, 0.15) is 5.82 Å². The minimum Gasteiger partial charge on any atom is -0.465 e. The van der Waals surface area contributed by atoms with E-state index < -0.39 is 0 Å². The number of hydrogen-bond donors (Lipinski definition) is 1. The SMILES string of the molecule is CCCCOC(=O)CSc1nnc(C2CC2)n1-c1cccc(NC(C)=O)c1. The molecule has 8 heteroatoms. The number of benzene rings is 1. The highest BCUT2D eigenvalue weighted by molar-refractivity contribution is 7.99. The third-order valence-corrected chi connectivity index (χ3v) is 5.01. The van der Waals surface area contributed by atoms with Crippen LogP contribution in [0.2, 0.25) is 0 Å². The number of hydrogen-bond acceptors (Lipinski definition) is 6. The summed E-state index contributed by atoms with van der Waals surface area (Å²) in [5, 5.41) is 12.1. The summed E-state index contributed by atoms with van der Waals surface area (Å²) in [5.74, 6) is 1.12. The summed E-state index contributed by atoms with van der Waals surface area (Å²) >= 11 is 1.32. The van der Waals surface area contributed by atoms with Crippen LogP contribution in [-0.2, 0) is 14.3 Å². The number of nitrogens with zero attached hydrogens (tertiary/aromatic N) is 3. The van der Waals surface area contributed by atoms with Gasteiger partial charge in [0.05, 0.1) is 18.0 Å². The van der Waals surface area contributed by atoms with Crippen molar-refractivity contribution in [2.24, 2.45) is 0 Å². The van der Waals surface area contributed by atoms with E-state index in [0.717, 1.165) is 37.2 Å². The lowest BCUT2D eigenvalue weighted by atomic mass is 10.2. The van der Waals surface area contributed by atoms with Crippen molar-refractivity contribution in [2.75, 3.05) is 17.7 Å². The average Bonchev–Trinajstić information content (AvgIpc) is 3.39. The average molecular weight is 388 g/mol. The number of carbonyl (C=O) groups excluding carboxylic acids is 2. The highest BCUT2D eigenvalue weighted by Gasteiger charge is 2.31. The first-order chi connectivity index (χ1) is 13.1. The molecule has 1 amide bonds. The number of rotatable bonds is 9. The van der Waals surface area contributed by atoms with E-state index in [0.29, 0.717) is 23.4 Å². The summed E-state index contributed by atoms with van der Waals surface area (Å²) in [5.41, 5.74) is 1.58. The quantitative estimate of drug-likeness (QED) is 0.402. The van der Waals surface area contributed by atoms with Crippen LogP contribution in [0, 0.1) is 0 Å². The van der Waals surface area contributed by atoms with Gasteiger partial charge >= 0.3 is 5.97 Å². The van der Waals surface area contributed by atoms with Gasteiger partial charge in [0.15, 0.2) is 5.16 Å². The number of carbonyl (C=O) groups is 2. The fraction of sp³-hybridized carbons (Fsp3) is 0.474. The smallest absolute Gasteiger partial charge is 0.316 e. The molecule has 1 aromatic carbocycles. The molecule has 7 nitrogen and oxygen atoms in total. The van der Waals surface area contributed by atoms with E-state index in [9.17, 15) is 9.59 Å². The van der Waals surface area contributed by atoms with Crippen molar-refractivity contribution in [3.63, 3.8) is 0 Å². The lowest BCUT2D eigenvalue weighted by Gasteiger charge is -2.11. The number of esters is 1. The molecule has 0 radical (unpaired) electrons. The van der Waals surface area contributed by atoms with Gasteiger partial charge in [0.25, 0.3) is 0 Å². The van der Waals surface area contributed by atoms with E-state index in [1.165, 1.54) is 18.7 Å². The van der Waals surface area contributed by atoms with Gasteiger partial charge < -0.3 is 10.1 Å². The summed E-state index contributed by atoms with van der Waals surface area (Å²) < 4.78 is 7.19. The van der Waals surface area contributed by atoms with Crippen molar-refractivity contribution in [1.29, 1.82) is 0 Å². The Balaban J connectivity index is 1.78. The second-order valence-electron chi connectivity index (χ2n) is 6.54. The van der Waals surface area contributed by atoms with Crippen LogP contribution in [0.3, 0.4) is 0 Å². The fourth-order valence-corrected chi connectivity index (χ4v) is 3.40. The van der Waals surface area contributed by atoms with Gasteiger partial charge in [-0.25, -0.2) is 0 Å². The highest BCUT2D eigenvalue weighted by Crippen LogP contribution is 2.41. The first-order valence-corrected chi connectivity index (χ1v) is 10.2. The van der Waals surface area contributed by atoms with Crippen LogP contribution in [0.25, 0.3) is 5.69 Å². The van der Waals surface area contributed by atoms with E-state index in [-0.39, 0.29) is 17.6 Å². The summed E-state index contributed by atoms with van der Waals surface area (Å²) in [7, 11) is 0. The molecule has 1 saturated carbocycles. The standard InChI is InChI=1S/C19H24N4O3S/c1-3-4-10-26-17(25)12-27-19-22-21-18(14-8-9-14)23(19)16-7-5-6-15(11-16)20-13(2)24/h5-7,11,14H,3-4,8-10,12H2,1-2H3,(H,20,24). The van der Waals surface area contributed by atoms with Crippen LogP contribution in [0.1, 0.15) is 51.3 Å². The zero-order valence-corrected chi connectivity index (χ0v) is 16.4. The first kappa shape index (κ1) is 19.4. The van der Waals surface area contributed by atoms with Crippen molar-refractivity contribution < 1.29 is 14.3 Å². The maximum Gasteiger partial charge on any atom is 0.316 e. The first-order valence-electron chi connectivity index (χ1n) is 9.20. The summed E-state index contributed by atoms with van der Waals surface area (Å²) in [4.78, 5) is 23.3. The van der Waals surface area contributed by atoms with Crippen LogP contribution in [0.15, 0.2) is 29.4 Å². The minimum atomic E-state index is -0.247. The molecule has 1 aliphatic rings. The second kappa shape index (κ2) is 9.03. The Morgan fingerprint density at radius 2 is 2.15 bits per heavy atom. The van der Waals surface area contributed by atoms with Gasteiger partial charge in [-0.2, -0.15) is 0 Å². The van der Waals surface area contributed by atoms with Crippen molar-refractivity contribution in [2.45, 2.75) is 50.6 Å². The van der Waals surface area contributed by atoms with Gasteiger partial charge in [0.2, 0.25) is 5.91 Å². The molecule has 1 N–H and O–H groups in total. The van der Waals surface area contributed by atoms with Crippen molar-refractivity contribution in [3.8, 4) is 5.69 Å². The third kappa shape index (κ3) is 5.32. The zero-order chi connectivity index (χ0) is 19.2. The Kier molecular flexibility index (Phi) is 6.49. The Bertz CT molecular complexity index is 817. The number of aromatic nitrogens is 3. The number of thioether (sulfide) groups is 1. The Morgan fingerprint density at radius 1 is 1.33 bits per heavy atom. The Morgan fingerprint density at radius 3 is 2.85 bits per heavy atom. The molecule has 0 saturated heterocycles. The van der Waals surface area contributed by atoms with E-state index in [1.54, 1.807) is 0 Å². The molecular weight excluding hydrogens is 364 g/mol. The monoisotopic (exact) mass is 388 g/mol. The summed E-state index contributed by atoms with van der Waals surface area (Å²) in [6.07, 6.45) is 4.04. The minimum absolute atomic E-state index is 0.122. The zero-order valence-electron chi connectivity index (χ0n) is 15.6. The van der Waals surface area contributed by atoms with Crippen LogP contribution in [-0.4, -0.2) is 39.0 Å². The maximum absolute atomic E-state index is 11.9. The molecule has 27 heavy (non-hydrogen) atoms. The van der Waals surface area contributed by atoms with Gasteiger partial charge in [-0.05, 0) is 37.5 Å². The third-order valence-electron chi connectivity index (χ3n) is 4.11. The van der Waals surface area contributed by atoms with Crippen LogP contribution >= 0.6 is 11.8 Å². The fourth-order valence-electron chi connectivity index (χ4n) is 2.64. The molecule has 0 unspecified atom stereocenters. The highest BCUT2D eigenvalue weighted by atomic mass is 32.2. The predicted octanol–water partition coefficient (Wildman–Crippen LogP) is 3.54. The summed E-state index contributed by atoms with van der Waals surface area (Å²) in [6, 6.07) is 7.55. The molecule has 0 aliphatic heterocycles. The van der Waals surface area contributed by atoms with Crippen LogP contribution < -0.4 is 5.32 Å². The second-order valence-corrected chi connectivity index (χ2v) is 7.49. The molecule has 2 aromatic rings. The van der Waals surface area contributed by atoms with Crippen LogP contribution in [0.4, 0.5) is 5.69 Å². The van der Waals surface area contributed by atoms with E-state index in [2.05, 4.69) is 22.4 Å². The lowest BCUT2D eigenvalue weighted by Crippen LogP contribution is -2.10. The van der Waals surface area contributed by atoms with Gasteiger partial charge in [-0.1, -0.05) is 31.2 Å². The Labute approximate surface area is 162 Å². The molecular formula is C19H24N4O3S. The number of anilines is 1. The Hall–Kier alpha value is -2.35. The molecule has 1 heterocycles. The topological polar surface area (TPSA) is 86.1 Å². The number of nitrogens with one attached hydrogen (secondary N) is 1. The number of amides is 1. The molecule has 0 spiro atoms. The molecule has 1 fully saturated rings. The normalized spacial score (nSPS) is 13.4. The van der Waals surface area contributed by atoms with Crippen molar-refractivity contribution in [1.82, 2.24) is 14.8 Å². The van der Waals surface area contributed by atoms with Crippen molar-refractivity contribution in [3.05, 3.63) is 30.1 Å². The summed E-state index contributed by atoms with van der Waals surface area (Å²) in [6.45, 7) is 3.99. The number of ether oxygens (including phenoxy) is 1. The van der Waals surface area contributed by atoms with E-state index in [1.807, 2.05) is 28.8 Å². The predicted molar refractivity (Wildman–Crippen MR) is 104 cm³/mol. The van der Waals surface area contributed by atoms with E-state index >= 15 is 0 Å². The molecule has 144 valence electrons. The molecule has 1 aliphatic carbocycles. The molecule has 1 aromatic heterocycles. The maximum atomic E-state index is 11.9. The van der Waals surface area contributed by atoms with Crippen molar-refractivity contribution >= 4 is 29.3 Å². The largest absolute Gasteiger partial charge is 0.465 e. The van der Waals surface area contributed by atoms with Gasteiger partial charge in [-0.15, -0.1) is 10.2 Å². The number of unbranched alkanes of at least 4 members (excludes halogenated alkanes) is 1.